The number of hydrogen-bond donors (Lipinski definition) is 1. The zero-order valence-electron chi connectivity index (χ0n) is 5.83. The van der Waals surface area contributed by atoms with Crippen molar-refractivity contribution in [1.82, 2.24) is 0 Å². The SMILES string of the molecule is C#CC(=O)OC(O)CCC. The van der Waals surface area contributed by atoms with Crippen molar-refractivity contribution >= 4 is 5.97 Å². The molecule has 1 N–H and O–H groups in total. The van der Waals surface area contributed by atoms with E-state index < -0.39 is 12.3 Å². The number of carbonyl (C=O) groups excluding carboxylic acids is 1. The summed E-state index contributed by atoms with van der Waals surface area (Å²) in [5.74, 6) is 0.915. The Labute approximate surface area is 60.0 Å². The van der Waals surface area contributed by atoms with Crippen LogP contribution in [0.4, 0.5) is 0 Å². The second-order valence-corrected chi connectivity index (χ2v) is 1.79. The highest BCUT2D eigenvalue weighted by molar-refractivity contribution is 5.87. The number of ether oxygens (including phenoxy) is 1. The van der Waals surface area contributed by atoms with E-state index in [1.165, 1.54) is 0 Å². The van der Waals surface area contributed by atoms with Crippen LogP contribution in [0.1, 0.15) is 19.8 Å². The van der Waals surface area contributed by atoms with Gasteiger partial charge in [0.2, 0.25) is 6.29 Å². The molecule has 0 aliphatic heterocycles. The highest BCUT2D eigenvalue weighted by Gasteiger charge is 2.05. The summed E-state index contributed by atoms with van der Waals surface area (Å²) < 4.78 is 4.32. The maximum Gasteiger partial charge on any atom is 0.386 e. The maximum atomic E-state index is 10.3. The van der Waals surface area contributed by atoms with Gasteiger partial charge in [-0.15, -0.1) is 6.42 Å². The number of carbonyl (C=O) groups is 1. The van der Waals surface area contributed by atoms with E-state index in [2.05, 4.69) is 11.2 Å². The lowest BCUT2D eigenvalue weighted by molar-refractivity contribution is -0.161. The second-order valence-electron chi connectivity index (χ2n) is 1.79. The van der Waals surface area contributed by atoms with Crippen LogP contribution in [0.15, 0.2) is 0 Å². The van der Waals surface area contributed by atoms with E-state index in [0.717, 1.165) is 6.42 Å². The van der Waals surface area contributed by atoms with Crippen molar-refractivity contribution in [1.29, 1.82) is 0 Å². The molecule has 0 spiro atoms. The van der Waals surface area contributed by atoms with Gasteiger partial charge in [0, 0.05) is 12.3 Å². The lowest BCUT2D eigenvalue weighted by Crippen LogP contribution is -2.15. The monoisotopic (exact) mass is 142 g/mol. The third kappa shape index (κ3) is 3.93. The fourth-order valence-corrected chi connectivity index (χ4v) is 0.463. The minimum absolute atomic E-state index is 0.424. The Bertz CT molecular complexity index is 145. The molecule has 0 aliphatic carbocycles. The van der Waals surface area contributed by atoms with Gasteiger partial charge in [0.15, 0.2) is 0 Å². The van der Waals surface area contributed by atoms with Crippen LogP contribution < -0.4 is 0 Å². The molecule has 0 amide bonds. The van der Waals surface area contributed by atoms with Crippen molar-refractivity contribution in [2.45, 2.75) is 26.1 Å². The van der Waals surface area contributed by atoms with E-state index in [1.54, 1.807) is 5.92 Å². The predicted molar refractivity (Wildman–Crippen MR) is 35.8 cm³/mol. The van der Waals surface area contributed by atoms with E-state index >= 15 is 0 Å². The van der Waals surface area contributed by atoms with Crippen LogP contribution in [0.3, 0.4) is 0 Å². The van der Waals surface area contributed by atoms with Crippen LogP contribution in [0.25, 0.3) is 0 Å². The third-order valence-corrected chi connectivity index (χ3v) is 0.897. The zero-order chi connectivity index (χ0) is 7.98. The van der Waals surface area contributed by atoms with Gasteiger partial charge in [-0.2, -0.15) is 0 Å². The summed E-state index contributed by atoms with van der Waals surface area (Å²) in [6.45, 7) is 1.87. The van der Waals surface area contributed by atoms with E-state index in [9.17, 15) is 4.79 Å². The smallest absolute Gasteiger partial charge is 0.386 e. The first kappa shape index (κ1) is 8.99. The van der Waals surface area contributed by atoms with Gasteiger partial charge in [-0.25, -0.2) is 4.79 Å². The van der Waals surface area contributed by atoms with Crippen molar-refractivity contribution in [2.75, 3.05) is 0 Å². The van der Waals surface area contributed by atoms with Gasteiger partial charge in [-0.05, 0) is 0 Å². The largest absolute Gasteiger partial charge is 0.426 e. The summed E-state index contributed by atoms with van der Waals surface area (Å²) in [4.78, 5) is 10.3. The highest BCUT2D eigenvalue weighted by atomic mass is 16.6. The summed E-state index contributed by atoms with van der Waals surface area (Å²) in [6.07, 6.45) is 4.81. The van der Waals surface area contributed by atoms with Crippen molar-refractivity contribution in [3.05, 3.63) is 0 Å². The van der Waals surface area contributed by atoms with Gasteiger partial charge in [0.25, 0.3) is 0 Å². The fraction of sp³-hybridized carbons (Fsp3) is 0.571. The first-order valence-electron chi connectivity index (χ1n) is 3.06. The second kappa shape index (κ2) is 4.83. The van der Waals surface area contributed by atoms with Crippen molar-refractivity contribution < 1.29 is 14.6 Å². The molecule has 0 saturated heterocycles. The molecule has 0 radical (unpaired) electrons. The molecule has 0 bridgehead atoms. The summed E-state index contributed by atoms with van der Waals surface area (Å²) >= 11 is 0. The van der Waals surface area contributed by atoms with Crippen LogP contribution >= 0.6 is 0 Å². The molecule has 3 heteroatoms. The molecular formula is C7H10O3. The standard InChI is InChI=1S/C7H10O3/c1-3-5-7(9)10-6(8)4-2/h2,7,9H,3,5H2,1H3. The Balaban J connectivity index is 3.49. The Hall–Kier alpha value is -1.01. The van der Waals surface area contributed by atoms with Crippen LogP contribution in [0, 0.1) is 12.3 Å². The molecule has 56 valence electrons. The predicted octanol–water partition coefficient (Wildman–Crippen LogP) is 0.281. The average Bonchev–Trinajstić information content (AvgIpc) is 1.88. The third-order valence-electron chi connectivity index (χ3n) is 0.897. The van der Waals surface area contributed by atoms with E-state index in [1.807, 2.05) is 6.92 Å². The molecule has 1 atom stereocenters. The lowest BCUT2D eigenvalue weighted by atomic mass is 10.3. The molecule has 0 saturated carbocycles. The summed E-state index contributed by atoms with van der Waals surface area (Å²) in [5, 5.41) is 8.81. The topological polar surface area (TPSA) is 46.5 Å². The first-order valence-corrected chi connectivity index (χ1v) is 3.06. The molecule has 0 rings (SSSR count). The number of hydrogen-bond acceptors (Lipinski definition) is 3. The van der Waals surface area contributed by atoms with Crippen molar-refractivity contribution in [3.63, 3.8) is 0 Å². The van der Waals surface area contributed by atoms with Crippen LogP contribution in [0.5, 0.6) is 0 Å². The van der Waals surface area contributed by atoms with Crippen LogP contribution in [-0.2, 0) is 9.53 Å². The summed E-state index contributed by atoms with van der Waals surface area (Å²) in [7, 11) is 0. The van der Waals surface area contributed by atoms with Gasteiger partial charge >= 0.3 is 5.97 Å². The number of rotatable bonds is 3. The van der Waals surface area contributed by atoms with E-state index in [-0.39, 0.29) is 0 Å². The van der Waals surface area contributed by atoms with E-state index in [4.69, 9.17) is 5.11 Å². The van der Waals surface area contributed by atoms with Gasteiger partial charge in [-0.3, -0.25) is 0 Å². The van der Waals surface area contributed by atoms with Gasteiger partial charge in [-0.1, -0.05) is 13.3 Å². The Morgan fingerprint density at radius 3 is 2.90 bits per heavy atom. The van der Waals surface area contributed by atoms with Gasteiger partial charge in [0.05, 0.1) is 0 Å². The number of aliphatic hydroxyl groups is 1. The maximum absolute atomic E-state index is 10.3. The molecule has 0 fully saturated rings. The Morgan fingerprint density at radius 1 is 1.90 bits per heavy atom. The number of terminal acetylenes is 1. The first-order chi connectivity index (χ1) is 4.70. The lowest BCUT2D eigenvalue weighted by Gasteiger charge is -2.06. The van der Waals surface area contributed by atoms with Crippen molar-refractivity contribution in [3.8, 4) is 12.3 Å². The number of esters is 1. The molecular weight excluding hydrogens is 132 g/mol. The molecule has 0 aromatic heterocycles. The van der Waals surface area contributed by atoms with Crippen LogP contribution in [0.2, 0.25) is 0 Å². The molecule has 0 aliphatic rings. The molecule has 3 nitrogen and oxygen atoms in total. The molecule has 1 unspecified atom stereocenters. The fourth-order valence-electron chi connectivity index (χ4n) is 0.463. The number of aliphatic hydroxyl groups excluding tert-OH is 1. The minimum Gasteiger partial charge on any atom is -0.426 e. The zero-order valence-corrected chi connectivity index (χ0v) is 5.83. The summed E-state index contributed by atoms with van der Waals surface area (Å²) in [5.41, 5.74) is 0. The average molecular weight is 142 g/mol. The molecule has 10 heavy (non-hydrogen) atoms. The Kier molecular flexibility index (Phi) is 4.34. The molecule has 0 aromatic carbocycles. The normalized spacial score (nSPS) is 11.7. The van der Waals surface area contributed by atoms with Crippen molar-refractivity contribution in [2.24, 2.45) is 0 Å². The minimum atomic E-state index is -1.05. The Morgan fingerprint density at radius 2 is 2.50 bits per heavy atom. The summed E-state index contributed by atoms with van der Waals surface area (Å²) in [6, 6.07) is 0. The van der Waals surface area contributed by atoms with Crippen LogP contribution in [-0.4, -0.2) is 17.4 Å². The quantitative estimate of drug-likeness (QED) is 0.266. The molecule has 0 aromatic rings. The molecule has 0 heterocycles. The van der Waals surface area contributed by atoms with Gasteiger partial charge < -0.3 is 9.84 Å². The highest BCUT2D eigenvalue weighted by Crippen LogP contribution is 1.97. The van der Waals surface area contributed by atoms with E-state index in [0.29, 0.717) is 6.42 Å². The van der Waals surface area contributed by atoms with Gasteiger partial charge in [0.1, 0.15) is 0 Å².